The Balaban J connectivity index is 1.53. The maximum atomic E-state index is 12.8. The van der Waals surface area contributed by atoms with Crippen molar-refractivity contribution in [2.75, 3.05) is 13.2 Å². The fourth-order valence-electron chi connectivity index (χ4n) is 8.74. The van der Waals surface area contributed by atoms with Gasteiger partial charge in [0.1, 0.15) is 0 Å². The van der Waals surface area contributed by atoms with E-state index in [-0.39, 0.29) is 41.3 Å². The van der Waals surface area contributed by atoms with E-state index >= 15 is 0 Å². The van der Waals surface area contributed by atoms with E-state index in [0.29, 0.717) is 49.7 Å². The fraction of sp³-hybridized carbons (Fsp3) is 0.700. The molecule has 0 spiro atoms. The monoisotopic (exact) mass is 647 g/mol. The molecule has 4 aliphatic carbocycles. The molecule has 5 atom stereocenters. The highest BCUT2D eigenvalue weighted by Gasteiger charge is 2.44. The van der Waals surface area contributed by atoms with E-state index in [1.54, 1.807) is 6.08 Å². The molecule has 7 heteroatoms. The summed E-state index contributed by atoms with van der Waals surface area (Å²) in [5, 5.41) is 12.2. The molecule has 0 bridgehead atoms. The van der Waals surface area contributed by atoms with Crippen LogP contribution < -0.4 is 16.2 Å². The summed E-state index contributed by atoms with van der Waals surface area (Å²) in [7, 11) is 0. The Morgan fingerprint density at radius 1 is 1.04 bits per heavy atom. The molecule has 5 rings (SSSR count). The number of benzene rings is 1. The fourth-order valence-corrected chi connectivity index (χ4v) is 8.74. The van der Waals surface area contributed by atoms with Gasteiger partial charge in [-0.3, -0.25) is 9.79 Å². The van der Waals surface area contributed by atoms with Crippen molar-refractivity contribution >= 4 is 11.7 Å². The van der Waals surface area contributed by atoms with E-state index in [1.165, 1.54) is 31.3 Å². The number of allylic oxidation sites excluding steroid dienone is 4. The number of aryl methyl sites for hydroxylation is 1. The van der Waals surface area contributed by atoms with Gasteiger partial charge in [-0.1, -0.05) is 63.3 Å². The summed E-state index contributed by atoms with van der Waals surface area (Å²) in [6, 6.07) is 4.21. The van der Waals surface area contributed by atoms with Crippen molar-refractivity contribution in [3.8, 4) is 11.5 Å². The topological polar surface area (TPSA) is 120 Å². The van der Waals surface area contributed by atoms with Gasteiger partial charge in [0.05, 0.1) is 18.8 Å². The van der Waals surface area contributed by atoms with Crippen molar-refractivity contribution in [1.29, 1.82) is 0 Å². The molecule has 7 nitrogen and oxygen atoms in total. The number of ketones is 1. The summed E-state index contributed by atoms with van der Waals surface area (Å²) >= 11 is 0. The van der Waals surface area contributed by atoms with Crippen molar-refractivity contribution in [2.45, 2.75) is 141 Å². The molecule has 47 heavy (non-hydrogen) atoms. The van der Waals surface area contributed by atoms with Crippen LogP contribution in [0.1, 0.15) is 134 Å². The number of nitrogens with two attached hydrogens (primary N) is 2. The minimum atomic E-state index is 0.0802. The number of phenolic OH excluding ortho intramolecular Hbond substituents is 1. The van der Waals surface area contributed by atoms with Crippen molar-refractivity contribution in [3.63, 3.8) is 0 Å². The molecular weight excluding hydrogens is 586 g/mol. The lowest BCUT2D eigenvalue weighted by atomic mass is 9.59. The highest BCUT2D eigenvalue weighted by molar-refractivity contribution is 5.89. The zero-order chi connectivity index (χ0) is 33.2. The third-order valence-electron chi connectivity index (χ3n) is 11.3. The second-order valence-electron chi connectivity index (χ2n) is 15.0. The van der Waals surface area contributed by atoms with Gasteiger partial charge in [0.25, 0.3) is 0 Å². The number of hydrogen-bond acceptors (Lipinski definition) is 5. The maximum Gasteiger partial charge on any atom is 0.185 e. The number of carbonyl (C=O) groups excluding carboxylic acids is 1. The van der Waals surface area contributed by atoms with E-state index < -0.39 is 0 Å². The van der Waals surface area contributed by atoms with Crippen LogP contribution in [0.25, 0.3) is 0 Å². The number of rotatable bonds is 15. The van der Waals surface area contributed by atoms with Gasteiger partial charge >= 0.3 is 0 Å². The number of ether oxygens (including phenoxy) is 2. The van der Waals surface area contributed by atoms with Crippen molar-refractivity contribution < 1.29 is 19.4 Å². The molecule has 5 N–H and O–H groups in total. The van der Waals surface area contributed by atoms with Crippen LogP contribution in [0.15, 0.2) is 40.9 Å². The first-order valence-corrected chi connectivity index (χ1v) is 18.9. The van der Waals surface area contributed by atoms with Crippen LogP contribution in [0.5, 0.6) is 11.5 Å². The quantitative estimate of drug-likeness (QED) is 0.0763. The van der Waals surface area contributed by atoms with Gasteiger partial charge in [0, 0.05) is 18.5 Å². The number of aromatic hydroxyl groups is 1. The zero-order valence-corrected chi connectivity index (χ0v) is 29.1. The Bertz CT molecular complexity index is 1260. The lowest BCUT2D eigenvalue weighted by molar-refractivity contribution is -0.114. The normalized spacial score (nSPS) is 27.0. The molecule has 3 saturated carbocycles. The van der Waals surface area contributed by atoms with Gasteiger partial charge in [-0.15, -0.1) is 0 Å². The average molecular weight is 648 g/mol. The SMILES string of the molecule is CCCC=CC(=O)CCc1cc(OC2CCCC2)c(O)c([C@H]2[C@@H](COC3CCCCC3)[C@H](CCN=C(N)N)C=C3CC[C@@H](C)C[C@@H]32)c1. The van der Waals surface area contributed by atoms with E-state index in [2.05, 4.69) is 31.0 Å². The van der Waals surface area contributed by atoms with Crippen molar-refractivity contribution in [2.24, 2.45) is 40.1 Å². The maximum absolute atomic E-state index is 12.8. The Kier molecular flexibility index (Phi) is 13.3. The summed E-state index contributed by atoms with van der Waals surface area (Å²) in [5.74, 6) is 2.57. The molecule has 4 aliphatic rings. The predicted octanol–water partition coefficient (Wildman–Crippen LogP) is 8.28. The number of guanidine groups is 1. The van der Waals surface area contributed by atoms with E-state index in [9.17, 15) is 9.90 Å². The highest BCUT2D eigenvalue weighted by Crippen LogP contribution is 2.55. The number of unbranched alkanes of at least 4 members (excludes halogenated alkanes) is 1. The lowest BCUT2D eigenvalue weighted by Crippen LogP contribution is -2.39. The Morgan fingerprint density at radius 2 is 1.79 bits per heavy atom. The summed E-state index contributed by atoms with van der Waals surface area (Å²) in [4.78, 5) is 17.2. The second-order valence-corrected chi connectivity index (χ2v) is 15.0. The largest absolute Gasteiger partial charge is 0.504 e. The molecule has 0 aromatic heterocycles. The molecule has 3 fully saturated rings. The number of aliphatic imine (C=N–C) groups is 1. The lowest BCUT2D eigenvalue weighted by Gasteiger charge is -2.47. The third-order valence-corrected chi connectivity index (χ3v) is 11.3. The molecule has 0 radical (unpaired) electrons. The van der Waals surface area contributed by atoms with Crippen LogP contribution in [0, 0.1) is 23.7 Å². The van der Waals surface area contributed by atoms with Crippen LogP contribution >= 0.6 is 0 Å². The van der Waals surface area contributed by atoms with E-state index in [0.717, 1.165) is 81.8 Å². The second kappa shape index (κ2) is 17.6. The minimum absolute atomic E-state index is 0.0802. The standard InChI is InChI=1S/C40H61N3O4/c1-3-4-6-11-31(44)19-17-28-23-35(39(45)37(24-28)47-33-14-9-10-15-33)38-34-22-27(2)16-18-29(34)25-30(20-21-43-40(41)42)36(38)26-46-32-12-7-5-8-13-32/h6,11,23-25,27,30,32-34,36,38,45H,3-5,7-10,12-22,26H2,1-2H3,(H4,41,42,43)/t27-,30-,34+,36+,38+/m1/s1. The molecule has 1 aromatic rings. The average Bonchev–Trinajstić information content (AvgIpc) is 3.58. The van der Waals surface area contributed by atoms with E-state index in [1.807, 2.05) is 12.1 Å². The number of phenols is 1. The van der Waals surface area contributed by atoms with E-state index in [4.69, 9.17) is 20.9 Å². The first-order valence-electron chi connectivity index (χ1n) is 18.9. The molecule has 0 aliphatic heterocycles. The summed E-state index contributed by atoms with van der Waals surface area (Å²) in [5.41, 5.74) is 15.1. The molecule has 0 unspecified atom stereocenters. The Morgan fingerprint density at radius 3 is 2.53 bits per heavy atom. The number of fused-ring (bicyclic) bond motifs is 1. The highest BCUT2D eigenvalue weighted by atomic mass is 16.5. The van der Waals surface area contributed by atoms with Gasteiger partial charge < -0.3 is 26.0 Å². The van der Waals surface area contributed by atoms with Gasteiger partial charge in [-0.05, 0) is 124 Å². The van der Waals surface area contributed by atoms with Crippen LogP contribution in [0.3, 0.4) is 0 Å². The van der Waals surface area contributed by atoms with Crippen molar-refractivity contribution in [3.05, 3.63) is 47.1 Å². The van der Waals surface area contributed by atoms with Crippen LogP contribution in [0.2, 0.25) is 0 Å². The van der Waals surface area contributed by atoms with Crippen LogP contribution in [0.4, 0.5) is 0 Å². The molecule has 260 valence electrons. The molecular formula is C40H61N3O4. The van der Waals surface area contributed by atoms with Gasteiger partial charge in [0.2, 0.25) is 0 Å². The number of carbonyl (C=O) groups is 1. The van der Waals surface area contributed by atoms with Crippen molar-refractivity contribution in [1.82, 2.24) is 0 Å². The summed E-state index contributed by atoms with van der Waals surface area (Å²) in [6.45, 7) is 5.71. The summed E-state index contributed by atoms with van der Waals surface area (Å²) in [6.07, 6.45) is 24.2. The zero-order valence-electron chi connectivity index (χ0n) is 29.1. The third kappa shape index (κ3) is 9.87. The first kappa shape index (κ1) is 35.5. The predicted molar refractivity (Wildman–Crippen MR) is 191 cm³/mol. The first-order chi connectivity index (χ1) is 22.8. The van der Waals surface area contributed by atoms with Crippen LogP contribution in [-0.4, -0.2) is 42.2 Å². The number of nitrogens with zero attached hydrogens (tertiary/aromatic N) is 1. The molecule has 1 aromatic carbocycles. The molecule has 0 saturated heterocycles. The van der Waals surface area contributed by atoms with Gasteiger partial charge in [0.15, 0.2) is 23.2 Å². The minimum Gasteiger partial charge on any atom is -0.504 e. The Labute approximate surface area is 283 Å². The molecule has 0 heterocycles. The Hall–Kier alpha value is -2.80. The summed E-state index contributed by atoms with van der Waals surface area (Å²) < 4.78 is 13.4. The van der Waals surface area contributed by atoms with Gasteiger partial charge in [-0.25, -0.2) is 0 Å². The number of hydrogen-bond donors (Lipinski definition) is 3. The molecule has 0 amide bonds. The van der Waals surface area contributed by atoms with Gasteiger partial charge in [-0.2, -0.15) is 0 Å². The smallest absolute Gasteiger partial charge is 0.185 e. The van der Waals surface area contributed by atoms with Crippen LogP contribution in [-0.2, 0) is 16.0 Å².